The number of sulfone groups is 1. The van der Waals surface area contributed by atoms with Gasteiger partial charge in [-0.25, -0.2) is 13.2 Å². The highest BCUT2D eigenvalue weighted by Gasteiger charge is 2.27. The maximum Gasteiger partial charge on any atom is 0.339 e. The fraction of sp³-hybridized carbons (Fsp3) is 0.222. The van der Waals surface area contributed by atoms with Gasteiger partial charge < -0.3 is 9.64 Å². The molecule has 0 saturated heterocycles. The molecular weight excluding hydrogens is 342 g/mol. The predicted octanol–water partition coefficient (Wildman–Crippen LogP) is 2.08. The van der Waals surface area contributed by atoms with Crippen molar-refractivity contribution in [2.45, 2.75) is 11.0 Å². The molecule has 25 heavy (non-hydrogen) atoms. The summed E-state index contributed by atoms with van der Waals surface area (Å²) < 4.78 is 28.7. The van der Waals surface area contributed by atoms with Crippen molar-refractivity contribution in [2.24, 2.45) is 0 Å². The third-order valence-electron chi connectivity index (χ3n) is 3.49. The van der Waals surface area contributed by atoms with Crippen LogP contribution in [0.25, 0.3) is 0 Å². The van der Waals surface area contributed by atoms with Gasteiger partial charge in [0, 0.05) is 25.9 Å². The van der Waals surface area contributed by atoms with Crippen molar-refractivity contribution in [3.8, 4) is 0 Å². The Morgan fingerprint density at radius 2 is 1.64 bits per heavy atom. The van der Waals surface area contributed by atoms with Crippen LogP contribution in [-0.4, -0.2) is 45.5 Å². The van der Waals surface area contributed by atoms with Crippen molar-refractivity contribution in [3.05, 3.63) is 65.7 Å². The Hall–Kier alpha value is -2.67. The van der Waals surface area contributed by atoms with E-state index in [9.17, 15) is 18.0 Å². The van der Waals surface area contributed by atoms with E-state index in [-0.39, 0.29) is 16.4 Å². The first-order valence-corrected chi connectivity index (χ1v) is 9.36. The number of hydrogen-bond acceptors (Lipinski definition) is 5. The van der Waals surface area contributed by atoms with Gasteiger partial charge in [-0.2, -0.15) is 0 Å². The van der Waals surface area contributed by atoms with Gasteiger partial charge in [0.25, 0.3) is 5.91 Å². The molecule has 0 aliphatic carbocycles. The highest BCUT2D eigenvalue weighted by molar-refractivity contribution is 7.90. The standard InChI is InChI=1S/C18H19NO5S/c1-19(2)17(20)16(13-8-5-4-6-9-13)24-18(21)14-10-7-11-15(12-14)25(3,22)23/h4-12,16H,1-3H3/t16-/m1/s1. The van der Waals surface area contributed by atoms with Crippen LogP contribution < -0.4 is 0 Å². The normalized spacial score (nSPS) is 12.3. The molecule has 0 aliphatic heterocycles. The summed E-state index contributed by atoms with van der Waals surface area (Å²) in [5, 5.41) is 0. The van der Waals surface area contributed by atoms with E-state index in [0.29, 0.717) is 5.56 Å². The zero-order chi connectivity index (χ0) is 18.6. The molecule has 2 aromatic rings. The van der Waals surface area contributed by atoms with Gasteiger partial charge in [-0.3, -0.25) is 4.79 Å². The lowest BCUT2D eigenvalue weighted by molar-refractivity contribution is -0.138. The van der Waals surface area contributed by atoms with Gasteiger partial charge in [-0.05, 0) is 18.2 Å². The van der Waals surface area contributed by atoms with Crippen molar-refractivity contribution in [1.82, 2.24) is 4.90 Å². The van der Waals surface area contributed by atoms with E-state index in [0.717, 1.165) is 6.26 Å². The van der Waals surface area contributed by atoms with Crippen LogP contribution in [0.2, 0.25) is 0 Å². The Morgan fingerprint density at radius 1 is 1.00 bits per heavy atom. The molecule has 1 amide bonds. The highest BCUT2D eigenvalue weighted by Crippen LogP contribution is 2.22. The average molecular weight is 361 g/mol. The highest BCUT2D eigenvalue weighted by atomic mass is 32.2. The van der Waals surface area contributed by atoms with Crippen LogP contribution in [0.1, 0.15) is 22.0 Å². The van der Waals surface area contributed by atoms with Gasteiger partial charge in [-0.1, -0.05) is 36.4 Å². The molecule has 0 aliphatic rings. The monoisotopic (exact) mass is 361 g/mol. The second-order valence-electron chi connectivity index (χ2n) is 5.73. The van der Waals surface area contributed by atoms with E-state index in [1.165, 1.54) is 29.2 Å². The first kappa shape index (κ1) is 18.7. The number of benzene rings is 2. The average Bonchev–Trinajstić information content (AvgIpc) is 2.59. The Balaban J connectivity index is 2.33. The largest absolute Gasteiger partial charge is 0.444 e. The molecule has 0 fully saturated rings. The van der Waals surface area contributed by atoms with Gasteiger partial charge in [0.05, 0.1) is 10.5 Å². The van der Waals surface area contributed by atoms with Crippen LogP contribution in [0.15, 0.2) is 59.5 Å². The number of rotatable bonds is 5. The summed E-state index contributed by atoms with van der Waals surface area (Å²) in [6, 6.07) is 14.2. The molecule has 0 aromatic heterocycles. The van der Waals surface area contributed by atoms with Gasteiger partial charge in [0.2, 0.25) is 6.10 Å². The second-order valence-corrected chi connectivity index (χ2v) is 7.74. The second kappa shape index (κ2) is 7.48. The lowest BCUT2D eigenvalue weighted by Gasteiger charge is -2.21. The van der Waals surface area contributed by atoms with Gasteiger partial charge in [0.1, 0.15) is 0 Å². The van der Waals surface area contributed by atoms with E-state index >= 15 is 0 Å². The molecule has 0 saturated carbocycles. The first-order chi connectivity index (χ1) is 11.7. The van der Waals surface area contributed by atoms with E-state index in [1.807, 2.05) is 0 Å². The van der Waals surface area contributed by atoms with Crippen LogP contribution in [0.4, 0.5) is 0 Å². The van der Waals surface area contributed by atoms with Crippen LogP contribution in [0.3, 0.4) is 0 Å². The molecule has 132 valence electrons. The summed E-state index contributed by atoms with van der Waals surface area (Å²) in [5.74, 6) is -1.16. The molecular formula is C18H19NO5S. The third kappa shape index (κ3) is 4.67. The van der Waals surface area contributed by atoms with Crippen molar-refractivity contribution < 1.29 is 22.7 Å². The molecule has 0 unspecified atom stereocenters. The summed E-state index contributed by atoms with van der Waals surface area (Å²) in [4.78, 5) is 26.2. The molecule has 7 heteroatoms. The van der Waals surface area contributed by atoms with Crippen molar-refractivity contribution >= 4 is 21.7 Å². The Morgan fingerprint density at radius 3 is 2.20 bits per heavy atom. The third-order valence-corrected chi connectivity index (χ3v) is 4.60. The molecule has 0 spiro atoms. The number of carbonyl (C=O) groups excluding carboxylic acids is 2. The zero-order valence-electron chi connectivity index (χ0n) is 14.2. The topological polar surface area (TPSA) is 80.8 Å². The fourth-order valence-electron chi connectivity index (χ4n) is 2.15. The molecule has 6 nitrogen and oxygen atoms in total. The van der Waals surface area contributed by atoms with E-state index in [1.54, 1.807) is 44.4 Å². The number of esters is 1. The number of hydrogen-bond donors (Lipinski definition) is 0. The van der Waals surface area contributed by atoms with Gasteiger partial charge in [0.15, 0.2) is 9.84 Å². The predicted molar refractivity (Wildman–Crippen MR) is 92.8 cm³/mol. The molecule has 1 atom stereocenters. The van der Waals surface area contributed by atoms with Crippen molar-refractivity contribution in [3.63, 3.8) is 0 Å². The molecule has 2 aromatic carbocycles. The van der Waals surface area contributed by atoms with Crippen LogP contribution in [0, 0.1) is 0 Å². The number of ether oxygens (including phenoxy) is 1. The van der Waals surface area contributed by atoms with Crippen molar-refractivity contribution in [1.29, 1.82) is 0 Å². The number of amides is 1. The molecule has 0 heterocycles. The Labute approximate surface area is 146 Å². The summed E-state index contributed by atoms with van der Waals surface area (Å²) in [6.45, 7) is 0. The van der Waals surface area contributed by atoms with Crippen LogP contribution in [0.5, 0.6) is 0 Å². The van der Waals surface area contributed by atoms with Crippen LogP contribution in [-0.2, 0) is 19.4 Å². The summed E-state index contributed by atoms with van der Waals surface area (Å²) in [6.07, 6.45) is -0.0506. The van der Waals surface area contributed by atoms with Gasteiger partial charge in [-0.15, -0.1) is 0 Å². The van der Waals surface area contributed by atoms with Gasteiger partial charge >= 0.3 is 5.97 Å². The number of carbonyl (C=O) groups is 2. The maximum absolute atomic E-state index is 12.4. The summed E-state index contributed by atoms with van der Waals surface area (Å²) in [7, 11) is -0.320. The molecule has 0 radical (unpaired) electrons. The molecule has 2 rings (SSSR count). The minimum absolute atomic E-state index is 0.0112. The van der Waals surface area contributed by atoms with E-state index < -0.39 is 21.9 Å². The zero-order valence-corrected chi connectivity index (χ0v) is 15.0. The van der Waals surface area contributed by atoms with Crippen molar-refractivity contribution in [2.75, 3.05) is 20.4 Å². The molecule has 0 bridgehead atoms. The Kier molecular flexibility index (Phi) is 5.58. The number of likely N-dealkylation sites (N-methyl/N-ethyl adjacent to an activating group) is 1. The Bertz CT molecular complexity index is 875. The lowest BCUT2D eigenvalue weighted by Crippen LogP contribution is -2.31. The SMILES string of the molecule is CN(C)C(=O)[C@H](OC(=O)c1cccc(S(C)(=O)=O)c1)c1ccccc1. The maximum atomic E-state index is 12.4. The first-order valence-electron chi connectivity index (χ1n) is 7.47. The minimum Gasteiger partial charge on any atom is -0.444 e. The lowest BCUT2D eigenvalue weighted by atomic mass is 10.1. The quantitative estimate of drug-likeness (QED) is 0.762. The smallest absolute Gasteiger partial charge is 0.339 e. The number of nitrogens with zero attached hydrogens (tertiary/aromatic N) is 1. The van der Waals surface area contributed by atoms with Crippen LogP contribution >= 0.6 is 0 Å². The summed E-state index contributed by atoms with van der Waals surface area (Å²) >= 11 is 0. The van der Waals surface area contributed by atoms with E-state index in [2.05, 4.69) is 0 Å². The fourth-order valence-corrected chi connectivity index (χ4v) is 2.82. The molecule has 0 N–H and O–H groups in total. The summed E-state index contributed by atoms with van der Waals surface area (Å²) in [5.41, 5.74) is 0.601. The minimum atomic E-state index is -3.45. The van der Waals surface area contributed by atoms with E-state index in [4.69, 9.17) is 4.74 Å².